The molecule has 0 aromatic heterocycles. The Labute approximate surface area is 119 Å². The van der Waals surface area contributed by atoms with Crippen molar-refractivity contribution in [3.8, 4) is 0 Å². The molecular formula is C16H24BrN. The molecule has 0 heterocycles. The van der Waals surface area contributed by atoms with Gasteiger partial charge in [-0.05, 0) is 53.2 Å². The first-order chi connectivity index (χ1) is 8.79. The normalized spacial score (nSPS) is 24.6. The van der Waals surface area contributed by atoms with Gasteiger partial charge in [-0.2, -0.15) is 0 Å². The third kappa shape index (κ3) is 4.01. The van der Waals surface area contributed by atoms with Crippen molar-refractivity contribution in [1.29, 1.82) is 0 Å². The van der Waals surface area contributed by atoms with Crippen LogP contribution in [0.2, 0.25) is 0 Å². The van der Waals surface area contributed by atoms with Gasteiger partial charge in [-0.25, -0.2) is 0 Å². The van der Waals surface area contributed by atoms with Crippen LogP contribution in [0.15, 0.2) is 28.7 Å². The number of nitrogens with one attached hydrogen (secondary N) is 1. The quantitative estimate of drug-likeness (QED) is 0.713. The van der Waals surface area contributed by atoms with Gasteiger partial charge >= 0.3 is 0 Å². The highest BCUT2D eigenvalue weighted by Gasteiger charge is 2.18. The van der Waals surface area contributed by atoms with E-state index in [1.807, 2.05) is 0 Å². The van der Waals surface area contributed by atoms with E-state index >= 15 is 0 Å². The number of para-hydroxylation sites is 1. The largest absolute Gasteiger partial charge is 0.381 e. The average Bonchev–Trinajstić information content (AvgIpc) is 2.59. The molecule has 2 atom stereocenters. The van der Waals surface area contributed by atoms with Crippen LogP contribution in [0, 0.1) is 5.92 Å². The van der Waals surface area contributed by atoms with Crippen LogP contribution in [-0.2, 0) is 0 Å². The SMILES string of the molecule is CCCC1CCCC(Nc2ccccc2Br)CC1. The van der Waals surface area contributed by atoms with Gasteiger partial charge in [0, 0.05) is 16.2 Å². The second-order valence-corrected chi connectivity index (χ2v) is 6.34. The zero-order valence-electron chi connectivity index (χ0n) is 11.3. The molecule has 0 saturated heterocycles. The smallest absolute Gasteiger partial charge is 0.0486 e. The summed E-state index contributed by atoms with van der Waals surface area (Å²) in [6.45, 7) is 2.31. The molecule has 1 aliphatic rings. The Bertz CT molecular complexity index is 364. The van der Waals surface area contributed by atoms with Crippen molar-refractivity contribution >= 4 is 21.6 Å². The molecule has 1 N–H and O–H groups in total. The van der Waals surface area contributed by atoms with Crippen LogP contribution in [0.4, 0.5) is 5.69 Å². The fraction of sp³-hybridized carbons (Fsp3) is 0.625. The van der Waals surface area contributed by atoms with Crippen LogP contribution in [0.25, 0.3) is 0 Å². The van der Waals surface area contributed by atoms with Crippen molar-refractivity contribution in [2.24, 2.45) is 5.92 Å². The highest BCUT2D eigenvalue weighted by Crippen LogP contribution is 2.30. The lowest BCUT2D eigenvalue weighted by Gasteiger charge is -2.19. The lowest BCUT2D eigenvalue weighted by atomic mass is 9.95. The number of halogens is 1. The van der Waals surface area contributed by atoms with Crippen molar-refractivity contribution in [3.63, 3.8) is 0 Å². The summed E-state index contributed by atoms with van der Waals surface area (Å²) in [5.74, 6) is 0.973. The van der Waals surface area contributed by atoms with Gasteiger partial charge < -0.3 is 5.32 Å². The molecule has 1 nitrogen and oxygen atoms in total. The molecule has 2 unspecified atom stereocenters. The summed E-state index contributed by atoms with van der Waals surface area (Å²) < 4.78 is 1.18. The van der Waals surface area contributed by atoms with Crippen molar-refractivity contribution in [3.05, 3.63) is 28.7 Å². The molecule has 0 radical (unpaired) electrons. The Kier molecular flexibility index (Phi) is 5.55. The topological polar surface area (TPSA) is 12.0 Å². The van der Waals surface area contributed by atoms with Gasteiger partial charge in [0.05, 0.1) is 0 Å². The summed E-state index contributed by atoms with van der Waals surface area (Å²) in [5.41, 5.74) is 1.25. The van der Waals surface area contributed by atoms with Crippen LogP contribution in [0.5, 0.6) is 0 Å². The third-order valence-corrected chi connectivity index (χ3v) is 4.71. The maximum atomic E-state index is 3.70. The van der Waals surface area contributed by atoms with Gasteiger partial charge in [0.2, 0.25) is 0 Å². The molecule has 0 spiro atoms. The van der Waals surface area contributed by atoms with Crippen LogP contribution in [0.3, 0.4) is 0 Å². The highest BCUT2D eigenvalue weighted by molar-refractivity contribution is 9.10. The lowest BCUT2D eigenvalue weighted by molar-refractivity contribution is 0.422. The van der Waals surface area contributed by atoms with Gasteiger partial charge in [-0.15, -0.1) is 0 Å². The maximum absolute atomic E-state index is 3.70. The van der Waals surface area contributed by atoms with E-state index in [1.54, 1.807) is 0 Å². The van der Waals surface area contributed by atoms with E-state index in [0.717, 1.165) is 5.92 Å². The summed E-state index contributed by atoms with van der Waals surface area (Å²) in [7, 11) is 0. The number of hydrogen-bond donors (Lipinski definition) is 1. The fourth-order valence-electron chi connectivity index (χ4n) is 3.02. The first kappa shape index (κ1) is 13.9. The lowest BCUT2D eigenvalue weighted by Crippen LogP contribution is -2.18. The van der Waals surface area contributed by atoms with Gasteiger partial charge in [-0.1, -0.05) is 44.7 Å². The van der Waals surface area contributed by atoms with Crippen molar-refractivity contribution in [2.45, 2.75) is 57.9 Å². The molecule has 0 amide bonds. The van der Waals surface area contributed by atoms with Crippen LogP contribution in [-0.4, -0.2) is 6.04 Å². The molecule has 1 aromatic carbocycles. The van der Waals surface area contributed by atoms with E-state index in [4.69, 9.17) is 0 Å². The van der Waals surface area contributed by atoms with Crippen molar-refractivity contribution in [1.82, 2.24) is 0 Å². The minimum atomic E-state index is 0.658. The van der Waals surface area contributed by atoms with E-state index in [2.05, 4.69) is 52.4 Å². The van der Waals surface area contributed by atoms with Gasteiger partial charge in [0.25, 0.3) is 0 Å². The average molecular weight is 310 g/mol. The zero-order chi connectivity index (χ0) is 12.8. The summed E-state index contributed by atoms with van der Waals surface area (Å²) >= 11 is 3.62. The first-order valence-corrected chi connectivity index (χ1v) is 8.10. The standard InChI is InChI=1S/C16H24BrN/c1-2-6-13-7-5-8-14(12-11-13)18-16-10-4-3-9-15(16)17/h3-4,9-10,13-14,18H,2,5-8,11-12H2,1H3. The first-order valence-electron chi connectivity index (χ1n) is 7.30. The molecular weight excluding hydrogens is 286 g/mol. The Morgan fingerprint density at radius 2 is 2.00 bits per heavy atom. The van der Waals surface area contributed by atoms with E-state index < -0.39 is 0 Å². The Balaban J connectivity index is 1.89. The molecule has 1 aliphatic carbocycles. The minimum absolute atomic E-state index is 0.658. The number of hydrogen-bond acceptors (Lipinski definition) is 1. The molecule has 2 heteroatoms. The maximum Gasteiger partial charge on any atom is 0.0486 e. The number of benzene rings is 1. The molecule has 18 heavy (non-hydrogen) atoms. The Hall–Kier alpha value is -0.500. The minimum Gasteiger partial charge on any atom is -0.381 e. The summed E-state index contributed by atoms with van der Waals surface area (Å²) in [4.78, 5) is 0. The van der Waals surface area contributed by atoms with Crippen LogP contribution < -0.4 is 5.32 Å². The predicted molar refractivity (Wildman–Crippen MR) is 83.0 cm³/mol. The van der Waals surface area contributed by atoms with Gasteiger partial charge in [0.15, 0.2) is 0 Å². The van der Waals surface area contributed by atoms with Crippen molar-refractivity contribution in [2.75, 3.05) is 5.32 Å². The van der Waals surface area contributed by atoms with Crippen LogP contribution in [0.1, 0.15) is 51.9 Å². The molecule has 100 valence electrons. The Morgan fingerprint density at radius 1 is 1.17 bits per heavy atom. The van der Waals surface area contributed by atoms with Crippen LogP contribution >= 0.6 is 15.9 Å². The van der Waals surface area contributed by atoms with Crippen molar-refractivity contribution < 1.29 is 0 Å². The van der Waals surface area contributed by atoms with Gasteiger partial charge in [0.1, 0.15) is 0 Å². The third-order valence-electron chi connectivity index (χ3n) is 4.02. The predicted octanol–water partition coefficient (Wildman–Crippen LogP) is 5.61. The second-order valence-electron chi connectivity index (χ2n) is 5.48. The second kappa shape index (κ2) is 7.18. The molecule has 1 fully saturated rings. The molecule has 0 bridgehead atoms. The molecule has 0 aliphatic heterocycles. The summed E-state index contributed by atoms with van der Waals surface area (Å²) in [6, 6.07) is 9.10. The fourth-order valence-corrected chi connectivity index (χ4v) is 3.42. The molecule has 1 saturated carbocycles. The summed E-state index contributed by atoms with van der Waals surface area (Å²) in [5, 5.41) is 3.70. The van der Waals surface area contributed by atoms with E-state index in [0.29, 0.717) is 6.04 Å². The molecule has 1 aromatic rings. The van der Waals surface area contributed by atoms with E-state index in [1.165, 1.54) is 55.1 Å². The van der Waals surface area contributed by atoms with E-state index in [9.17, 15) is 0 Å². The highest BCUT2D eigenvalue weighted by atomic mass is 79.9. The summed E-state index contributed by atoms with van der Waals surface area (Å²) in [6.07, 6.45) is 9.62. The number of anilines is 1. The van der Waals surface area contributed by atoms with E-state index in [-0.39, 0.29) is 0 Å². The van der Waals surface area contributed by atoms with Gasteiger partial charge in [-0.3, -0.25) is 0 Å². The molecule has 2 rings (SSSR count). The Morgan fingerprint density at radius 3 is 2.78 bits per heavy atom. The monoisotopic (exact) mass is 309 g/mol. The zero-order valence-corrected chi connectivity index (χ0v) is 12.9. The number of rotatable bonds is 4.